The molecule has 0 spiro atoms. The lowest BCUT2D eigenvalue weighted by atomic mass is 9.97. The lowest BCUT2D eigenvalue weighted by Crippen LogP contribution is -2.12. The van der Waals surface area contributed by atoms with Gasteiger partial charge in [0.15, 0.2) is 5.82 Å². The molecular formula is C16H12BrClN2O2S. The number of nitrogens with one attached hydrogen (secondary N) is 1. The molecule has 3 aromatic heterocycles. The summed E-state index contributed by atoms with van der Waals surface area (Å²) in [5.41, 5.74) is 1.06. The van der Waals surface area contributed by atoms with E-state index in [1.165, 1.54) is 16.9 Å². The van der Waals surface area contributed by atoms with Gasteiger partial charge in [-0.1, -0.05) is 11.6 Å². The maximum atomic E-state index is 12.5. The van der Waals surface area contributed by atoms with E-state index in [0.29, 0.717) is 16.6 Å². The summed E-state index contributed by atoms with van der Waals surface area (Å²) in [6.45, 7) is 0. The van der Waals surface area contributed by atoms with Crippen LogP contribution < -0.4 is 5.56 Å². The molecule has 4 rings (SSSR count). The number of hydrogen-bond donors (Lipinski definition) is 1. The van der Waals surface area contributed by atoms with Crippen molar-refractivity contribution in [2.45, 2.75) is 25.7 Å². The first-order chi connectivity index (χ1) is 11.1. The van der Waals surface area contributed by atoms with Gasteiger partial charge >= 0.3 is 0 Å². The summed E-state index contributed by atoms with van der Waals surface area (Å²) in [7, 11) is 0. The molecule has 0 aliphatic heterocycles. The Kier molecular flexibility index (Phi) is 3.91. The van der Waals surface area contributed by atoms with E-state index >= 15 is 0 Å². The normalized spacial score (nSPS) is 15.1. The maximum absolute atomic E-state index is 12.5. The maximum Gasteiger partial charge on any atom is 0.260 e. The minimum absolute atomic E-state index is 0.114. The van der Waals surface area contributed by atoms with Crippen LogP contribution in [-0.2, 0) is 12.8 Å². The minimum atomic E-state index is -0.114. The molecule has 3 heterocycles. The Labute approximate surface area is 149 Å². The molecule has 0 fully saturated rings. The number of aromatic amines is 1. The van der Waals surface area contributed by atoms with E-state index in [1.807, 2.05) is 0 Å². The second-order valence-electron chi connectivity index (χ2n) is 5.47. The van der Waals surface area contributed by atoms with Crippen molar-refractivity contribution in [3.05, 3.63) is 49.2 Å². The SMILES string of the molecule is O=c1[nH]c(/C(Cl)=C\c2cc(Br)co2)nc2sc3c(c12)CCCC3. The number of aryl methyl sites for hydroxylation is 2. The molecule has 1 aliphatic rings. The van der Waals surface area contributed by atoms with Crippen LogP contribution in [0.3, 0.4) is 0 Å². The molecule has 118 valence electrons. The molecule has 0 amide bonds. The number of fused-ring (bicyclic) bond motifs is 3. The van der Waals surface area contributed by atoms with E-state index in [9.17, 15) is 4.79 Å². The van der Waals surface area contributed by atoms with Crippen LogP contribution in [0.4, 0.5) is 0 Å². The van der Waals surface area contributed by atoms with Gasteiger partial charge in [0.1, 0.15) is 16.9 Å². The van der Waals surface area contributed by atoms with E-state index in [-0.39, 0.29) is 5.56 Å². The van der Waals surface area contributed by atoms with Crippen LogP contribution in [0, 0.1) is 0 Å². The van der Waals surface area contributed by atoms with Crippen molar-refractivity contribution in [3.63, 3.8) is 0 Å². The zero-order chi connectivity index (χ0) is 16.0. The lowest BCUT2D eigenvalue weighted by molar-refractivity contribution is 0.556. The zero-order valence-corrected chi connectivity index (χ0v) is 15.1. The summed E-state index contributed by atoms with van der Waals surface area (Å²) in [6, 6.07) is 1.79. The highest BCUT2D eigenvalue weighted by Crippen LogP contribution is 2.34. The Morgan fingerprint density at radius 1 is 1.43 bits per heavy atom. The monoisotopic (exact) mass is 410 g/mol. The van der Waals surface area contributed by atoms with Crippen LogP contribution >= 0.6 is 38.9 Å². The van der Waals surface area contributed by atoms with Crippen molar-refractivity contribution in [2.75, 3.05) is 0 Å². The zero-order valence-electron chi connectivity index (χ0n) is 12.0. The molecule has 0 unspecified atom stereocenters. The number of H-pyrrole nitrogens is 1. The number of rotatable bonds is 2. The standard InChI is InChI=1S/C16H12BrClN2O2S/c17-8-5-9(22-7-8)6-11(18)14-19-15(21)13-10-3-1-2-4-12(10)23-16(13)20-14/h5-7H,1-4H2,(H,19,20,21)/b11-6+. The van der Waals surface area contributed by atoms with Crippen LogP contribution in [0.15, 0.2) is 26.0 Å². The van der Waals surface area contributed by atoms with Crippen molar-refractivity contribution in [1.82, 2.24) is 9.97 Å². The van der Waals surface area contributed by atoms with Crippen molar-refractivity contribution < 1.29 is 4.42 Å². The topological polar surface area (TPSA) is 58.9 Å². The van der Waals surface area contributed by atoms with Gasteiger partial charge in [-0.25, -0.2) is 4.98 Å². The van der Waals surface area contributed by atoms with Gasteiger partial charge in [-0.05, 0) is 53.2 Å². The average molecular weight is 412 g/mol. The predicted molar refractivity (Wildman–Crippen MR) is 97.0 cm³/mol. The molecule has 1 aliphatic carbocycles. The van der Waals surface area contributed by atoms with Crippen molar-refractivity contribution in [2.24, 2.45) is 0 Å². The highest BCUT2D eigenvalue weighted by Gasteiger charge is 2.20. The quantitative estimate of drug-likeness (QED) is 0.648. The Hall–Kier alpha value is -1.37. The number of nitrogens with zero attached hydrogens (tertiary/aromatic N) is 1. The minimum Gasteiger partial charge on any atom is -0.464 e. The van der Waals surface area contributed by atoms with Crippen molar-refractivity contribution >= 4 is 60.2 Å². The largest absolute Gasteiger partial charge is 0.464 e. The van der Waals surface area contributed by atoms with Gasteiger partial charge in [0, 0.05) is 11.0 Å². The van der Waals surface area contributed by atoms with Gasteiger partial charge in [0.25, 0.3) is 5.56 Å². The summed E-state index contributed by atoms with van der Waals surface area (Å²) in [6.07, 6.45) is 7.53. The number of hydrogen-bond acceptors (Lipinski definition) is 4. The predicted octanol–water partition coefficient (Wildman–Crippen LogP) is 4.96. The Bertz CT molecular complexity index is 986. The van der Waals surface area contributed by atoms with E-state index in [2.05, 4.69) is 25.9 Å². The fourth-order valence-corrected chi connectivity index (χ4v) is 4.65. The van der Waals surface area contributed by atoms with E-state index in [0.717, 1.165) is 34.0 Å². The number of furan rings is 1. The van der Waals surface area contributed by atoms with Gasteiger partial charge in [-0.2, -0.15) is 0 Å². The molecule has 0 aromatic carbocycles. The highest BCUT2D eigenvalue weighted by molar-refractivity contribution is 9.10. The fourth-order valence-electron chi connectivity index (χ4n) is 2.87. The molecule has 0 atom stereocenters. The third-order valence-corrected chi connectivity index (χ3v) is 5.80. The highest BCUT2D eigenvalue weighted by atomic mass is 79.9. The average Bonchev–Trinajstić information content (AvgIpc) is 3.10. The summed E-state index contributed by atoms with van der Waals surface area (Å²) < 4.78 is 6.15. The van der Waals surface area contributed by atoms with Crippen LogP contribution in [0.2, 0.25) is 0 Å². The molecule has 1 N–H and O–H groups in total. The third-order valence-electron chi connectivity index (χ3n) is 3.91. The second kappa shape index (κ2) is 5.92. The summed E-state index contributed by atoms with van der Waals surface area (Å²) in [5, 5.41) is 1.08. The molecule has 3 aromatic rings. The first-order valence-electron chi connectivity index (χ1n) is 7.28. The Morgan fingerprint density at radius 3 is 3.04 bits per heavy atom. The second-order valence-corrected chi connectivity index (χ2v) is 7.87. The van der Waals surface area contributed by atoms with Crippen LogP contribution in [-0.4, -0.2) is 9.97 Å². The van der Waals surface area contributed by atoms with Crippen molar-refractivity contribution in [1.29, 1.82) is 0 Å². The molecule has 0 saturated heterocycles. The smallest absolute Gasteiger partial charge is 0.260 e. The number of thiophene rings is 1. The summed E-state index contributed by atoms with van der Waals surface area (Å²) >= 11 is 11.2. The first kappa shape index (κ1) is 15.2. The third kappa shape index (κ3) is 2.79. The van der Waals surface area contributed by atoms with Gasteiger partial charge in [-0.15, -0.1) is 11.3 Å². The summed E-state index contributed by atoms with van der Waals surface area (Å²) in [4.78, 5) is 21.9. The van der Waals surface area contributed by atoms with E-state index < -0.39 is 0 Å². The fraction of sp³-hybridized carbons (Fsp3) is 0.250. The van der Waals surface area contributed by atoms with Gasteiger partial charge in [0.05, 0.1) is 14.9 Å². The summed E-state index contributed by atoms with van der Waals surface area (Å²) in [5.74, 6) is 0.963. The lowest BCUT2D eigenvalue weighted by Gasteiger charge is -2.09. The van der Waals surface area contributed by atoms with Crippen LogP contribution in [0.25, 0.3) is 21.3 Å². The van der Waals surface area contributed by atoms with E-state index in [4.69, 9.17) is 16.0 Å². The molecule has 0 bridgehead atoms. The van der Waals surface area contributed by atoms with Gasteiger partial charge < -0.3 is 9.40 Å². The first-order valence-corrected chi connectivity index (χ1v) is 9.27. The van der Waals surface area contributed by atoms with Gasteiger partial charge in [-0.3, -0.25) is 4.79 Å². The number of halogens is 2. The molecule has 0 radical (unpaired) electrons. The van der Waals surface area contributed by atoms with Gasteiger partial charge in [0.2, 0.25) is 0 Å². The van der Waals surface area contributed by atoms with Crippen LogP contribution in [0.1, 0.15) is 34.9 Å². The molecule has 23 heavy (non-hydrogen) atoms. The van der Waals surface area contributed by atoms with Crippen molar-refractivity contribution in [3.8, 4) is 0 Å². The van der Waals surface area contributed by atoms with Crippen LogP contribution in [0.5, 0.6) is 0 Å². The number of aromatic nitrogens is 2. The Morgan fingerprint density at radius 2 is 2.26 bits per heavy atom. The molecule has 4 nitrogen and oxygen atoms in total. The van der Waals surface area contributed by atoms with E-state index in [1.54, 1.807) is 29.7 Å². The molecular weight excluding hydrogens is 400 g/mol. The Balaban J connectivity index is 1.82. The molecule has 0 saturated carbocycles. The molecule has 7 heteroatoms.